The standard InChI is InChI=1S/C14H29Cl2N/c1-3-4-5-6-7-8-10-13(11-9-12-17)14(2,15)16/h13H,3-12,17H2,1-2H3. The van der Waals surface area contributed by atoms with Crippen LogP contribution in [0.4, 0.5) is 0 Å². The number of alkyl halides is 2. The fourth-order valence-electron chi connectivity index (χ4n) is 2.19. The van der Waals surface area contributed by atoms with E-state index in [0.29, 0.717) is 5.92 Å². The van der Waals surface area contributed by atoms with Gasteiger partial charge in [0.15, 0.2) is 0 Å². The van der Waals surface area contributed by atoms with Crippen molar-refractivity contribution in [2.24, 2.45) is 11.7 Å². The van der Waals surface area contributed by atoms with Crippen molar-refractivity contribution >= 4 is 23.2 Å². The molecule has 0 aromatic rings. The first-order chi connectivity index (χ1) is 8.02. The van der Waals surface area contributed by atoms with Gasteiger partial charge in [-0.2, -0.15) is 0 Å². The molecule has 0 rings (SSSR count). The lowest BCUT2D eigenvalue weighted by atomic mass is 9.92. The van der Waals surface area contributed by atoms with E-state index in [1.54, 1.807) is 0 Å². The summed E-state index contributed by atoms with van der Waals surface area (Å²) in [5.41, 5.74) is 5.54. The molecule has 0 aliphatic heterocycles. The molecule has 0 saturated heterocycles. The maximum Gasteiger partial charge on any atom is 0.118 e. The number of hydrogen-bond donors (Lipinski definition) is 1. The zero-order valence-corrected chi connectivity index (χ0v) is 13.0. The normalized spacial score (nSPS) is 13.9. The summed E-state index contributed by atoms with van der Waals surface area (Å²) in [6.45, 7) is 4.89. The lowest BCUT2D eigenvalue weighted by Crippen LogP contribution is -2.22. The van der Waals surface area contributed by atoms with Gasteiger partial charge in [0, 0.05) is 0 Å². The van der Waals surface area contributed by atoms with Crippen LogP contribution in [0, 0.1) is 5.92 Å². The van der Waals surface area contributed by atoms with Gasteiger partial charge in [-0.05, 0) is 38.6 Å². The maximum absolute atomic E-state index is 6.22. The summed E-state index contributed by atoms with van der Waals surface area (Å²) in [6, 6.07) is 0. The van der Waals surface area contributed by atoms with Crippen LogP contribution in [0.15, 0.2) is 0 Å². The number of hydrogen-bond acceptors (Lipinski definition) is 1. The smallest absolute Gasteiger partial charge is 0.118 e. The fourth-order valence-corrected chi connectivity index (χ4v) is 2.62. The van der Waals surface area contributed by atoms with Gasteiger partial charge in [0.1, 0.15) is 4.33 Å². The zero-order chi connectivity index (χ0) is 13.1. The van der Waals surface area contributed by atoms with Crippen LogP contribution in [0.1, 0.15) is 71.6 Å². The first-order valence-electron chi connectivity index (χ1n) is 7.10. The molecule has 1 unspecified atom stereocenters. The summed E-state index contributed by atoms with van der Waals surface area (Å²) in [5, 5.41) is 0. The van der Waals surface area contributed by atoms with Gasteiger partial charge in [0.25, 0.3) is 0 Å². The van der Waals surface area contributed by atoms with Gasteiger partial charge in [-0.3, -0.25) is 0 Å². The summed E-state index contributed by atoms with van der Waals surface area (Å²) in [7, 11) is 0. The minimum atomic E-state index is -0.599. The van der Waals surface area contributed by atoms with E-state index in [-0.39, 0.29) is 0 Å². The summed E-state index contributed by atoms with van der Waals surface area (Å²) in [5.74, 6) is 0.389. The van der Waals surface area contributed by atoms with E-state index in [2.05, 4.69) is 6.92 Å². The van der Waals surface area contributed by atoms with E-state index in [0.717, 1.165) is 25.8 Å². The second-order valence-corrected chi connectivity index (χ2v) is 6.90. The largest absolute Gasteiger partial charge is 0.330 e. The predicted molar refractivity (Wildman–Crippen MR) is 79.9 cm³/mol. The Bertz CT molecular complexity index is 166. The van der Waals surface area contributed by atoms with Gasteiger partial charge < -0.3 is 5.73 Å². The number of unbranched alkanes of at least 4 members (excludes halogenated alkanes) is 5. The molecule has 0 radical (unpaired) electrons. The molecule has 0 fully saturated rings. The van der Waals surface area contributed by atoms with E-state index < -0.39 is 4.33 Å². The van der Waals surface area contributed by atoms with Crippen molar-refractivity contribution in [2.45, 2.75) is 76.0 Å². The Hall–Kier alpha value is 0.540. The zero-order valence-electron chi connectivity index (χ0n) is 11.5. The molecule has 0 amide bonds. The van der Waals surface area contributed by atoms with Crippen molar-refractivity contribution in [1.82, 2.24) is 0 Å². The molecule has 0 aromatic heterocycles. The third-order valence-corrected chi connectivity index (χ3v) is 4.00. The van der Waals surface area contributed by atoms with Gasteiger partial charge in [-0.15, -0.1) is 23.2 Å². The van der Waals surface area contributed by atoms with Crippen molar-refractivity contribution in [3.8, 4) is 0 Å². The van der Waals surface area contributed by atoms with Gasteiger partial charge in [0.2, 0.25) is 0 Å². The Morgan fingerprint density at radius 3 is 2.00 bits per heavy atom. The first-order valence-corrected chi connectivity index (χ1v) is 7.85. The molecular weight excluding hydrogens is 253 g/mol. The molecule has 17 heavy (non-hydrogen) atoms. The maximum atomic E-state index is 6.22. The van der Waals surface area contributed by atoms with Gasteiger partial charge in [0.05, 0.1) is 0 Å². The number of rotatable bonds is 11. The molecule has 104 valence electrons. The minimum absolute atomic E-state index is 0.389. The lowest BCUT2D eigenvalue weighted by molar-refractivity contribution is 0.387. The molecule has 1 atom stereocenters. The Balaban J connectivity index is 3.69. The molecule has 3 heteroatoms. The summed E-state index contributed by atoms with van der Waals surface area (Å²) in [4.78, 5) is 0. The van der Waals surface area contributed by atoms with E-state index in [1.165, 1.54) is 38.5 Å². The van der Waals surface area contributed by atoms with Crippen LogP contribution >= 0.6 is 23.2 Å². The predicted octanol–water partition coefficient (Wildman–Crippen LogP) is 5.29. The highest BCUT2D eigenvalue weighted by Crippen LogP contribution is 2.36. The third kappa shape index (κ3) is 10.2. The van der Waals surface area contributed by atoms with E-state index in [9.17, 15) is 0 Å². The first kappa shape index (κ1) is 17.5. The van der Waals surface area contributed by atoms with E-state index >= 15 is 0 Å². The van der Waals surface area contributed by atoms with Crippen molar-refractivity contribution in [3.63, 3.8) is 0 Å². The highest BCUT2D eigenvalue weighted by molar-refractivity contribution is 6.48. The topological polar surface area (TPSA) is 26.0 Å². The Morgan fingerprint density at radius 2 is 1.47 bits per heavy atom. The van der Waals surface area contributed by atoms with Crippen LogP contribution in [0.5, 0.6) is 0 Å². The van der Waals surface area contributed by atoms with Crippen LogP contribution in [0.3, 0.4) is 0 Å². The van der Waals surface area contributed by atoms with E-state index in [1.807, 2.05) is 6.92 Å². The minimum Gasteiger partial charge on any atom is -0.330 e. The monoisotopic (exact) mass is 281 g/mol. The summed E-state index contributed by atoms with van der Waals surface area (Å²) < 4.78 is -0.599. The molecule has 2 N–H and O–H groups in total. The van der Waals surface area contributed by atoms with Gasteiger partial charge in [-0.25, -0.2) is 0 Å². The molecule has 0 heterocycles. The van der Waals surface area contributed by atoms with E-state index in [4.69, 9.17) is 28.9 Å². The van der Waals surface area contributed by atoms with Gasteiger partial charge >= 0.3 is 0 Å². The molecule has 0 saturated carbocycles. The van der Waals surface area contributed by atoms with Crippen molar-refractivity contribution in [1.29, 1.82) is 0 Å². The summed E-state index contributed by atoms with van der Waals surface area (Å²) >= 11 is 12.4. The number of halogens is 2. The molecule has 0 aliphatic rings. The second kappa shape index (κ2) is 10.5. The quantitative estimate of drug-likeness (QED) is 0.404. The van der Waals surface area contributed by atoms with Crippen LogP contribution in [0.2, 0.25) is 0 Å². The lowest BCUT2D eigenvalue weighted by Gasteiger charge is -2.26. The molecule has 0 aromatic carbocycles. The van der Waals surface area contributed by atoms with Crippen molar-refractivity contribution in [3.05, 3.63) is 0 Å². The van der Waals surface area contributed by atoms with Crippen LogP contribution < -0.4 is 5.73 Å². The molecule has 0 bridgehead atoms. The van der Waals surface area contributed by atoms with Crippen LogP contribution in [-0.4, -0.2) is 10.9 Å². The highest BCUT2D eigenvalue weighted by atomic mass is 35.5. The Kier molecular flexibility index (Phi) is 10.8. The third-order valence-electron chi connectivity index (χ3n) is 3.38. The summed E-state index contributed by atoms with van der Waals surface area (Å²) in [6.07, 6.45) is 11.1. The van der Waals surface area contributed by atoms with Crippen LogP contribution in [-0.2, 0) is 0 Å². The highest BCUT2D eigenvalue weighted by Gasteiger charge is 2.28. The second-order valence-electron chi connectivity index (χ2n) is 5.14. The Morgan fingerprint density at radius 1 is 0.941 bits per heavy atom. The fraction of sp³-hybridized carbons (Fsp3) is 1.00. The average molecular weight is 282 g/mol. The molecule has 0 aliphatic carbocycles. The van der Waals surface area contributed by atoms with Gasteiger partial charge in [-0.1, -0.05) is 45.4 Å². The Labute approximate surface area is 117 Å². The van der Waals surface area contributed by atoms with Crippen LogP contribution in [0.25, 0.3) is 0 Å². The molecule has 0 spiro atoms. The average Bonchev–Trinajstić information content (AvgIpc) is 2.25. The molecule has 1 nitrogen and oxygen atoms in total. The van der Waals surface area contributed by atoms with Crippen molar-refractivity contribution in [2.75, 3.05) is 6.54 Å². The van der Waals surface area contributed by atoms with Crippen molar-refractivity contribution < 1.29 is 0 Å². The number of nitrogens with two attached hydrogens (primary N) is 1. The molecular formula is C14H29Cl2N. The SMILES string of the molecule is CCCCCCCCC(CCCN)C(C)(Cl)Cl.